The van der Waals surface area contributed by atoms with Gasteiger partial charge in [0.1, 0.15) is 0 Å². The van der Waals surface area contributed by atoms with E-state index in [9.17, 15) is 0 Å². The van der Waals surface area contributed by atoms with Crippen molar-refractivity contribution in [3.63, 3.8) is 0 Å². The molecular formula is C17H24N4O. The van der Waals surface area contributed by atoms with Gasteiger partial charge in [-0.3, -0.25) is 4.90 Å². The lowest BCUT2D eigenvalue weighted by Gasteiger charge is -2.32. The van der Waals surface area contributed by atoms with Gasteiger partial charge in [0.25, 0.3) is 0 Å². The number of rotatable bonds is 4. The van der Waals surface area contributed by atoms with Crippen LogP contribution in [0.15, 0.2) is 28.8 Å². The number of piperazine rings is 1. The van der Waals surface area contributed by atoms with Crippen LogP contribution in [-0.2, 0) is 6.54 Å². The van der Waals surface area contributed by atoms with Gasteiger partial charge >= 0.3 is 0 Å². The van der Waals surface area contributed by atoms with E-state index in [0.29, 0.717) is 23.7 Å². The fourth-order valence-electron chi connectivity index (χ4n) is 2.75. The number of aromatic nitrogens is 2. The molecule has 1 aliphatic rings. The highest BCUT2D eigenvalue weighted by Crippen LogP contribution is 2.21. The van der Waals surface area contributed by atoms with Crippen molar-refractivity contribution in [3.05, 3.63) is 35.7 Å². The van der Waals surface area contributed by atoms with Crippen molar-refractivity contribution >= 4 is 0 Å². The zero-order valence-corrected chi connectivity index (χ0v) is 13.5. The molecule has 0 unspecified atom stereocenters. The molecule has 118 valence electrons. The first kappa shape index (κ1) is 15.2. The number of benzene rings is 1. The highest BCUT2D eigenvalue weighted by atomic mass is 16.5. The van der Waals surface area contributed by atoms with Gasteiger partial charge in [0, 0.05) is 31.2 Å². The fourth-order valence-corrected chi connectivity index (χ4v) is 2.75. The standard InChI is InChI=1S/C17H24N4O/c1-12(2)14-4-6-15(7-5-14)17-19-16(22-20-17)11-21-9-8-18-10-13(21)3/h4-7,12-13,18H,8-11H2,1-3H3/t13-/m0/s1. The molecule has 1 aliphatic heterocycles. The summed E-state index contributed by atoms with van der Waals surface area (Å²) in [6, 6.07) is 8.90. The molecule has 1 saturated heterocycles. The van der Waals surface area contributed by atoms with Gasteiger partial charge in [-0.15, -0.1) is 0 Å². The van der Waals surface area contributed by atoms with Crippen molar-refractivity contribution in [3.8, 4) is 11.4 Å². The Hall–Kier alpha value is -1.72. The van der Waals surface area contributed by atoms with Gasteiger partial charge in [-0.25, -0.2) is 0 Å². The molecule has 2 aromatic rings. The van der Waals surface area contributed by atoms with Crippen molar-refractivity contribution in [1.82, 2.24) is 20.4 Å². The van der Waals surface area contributed by atoms with E-state index >= 15 is 0 Å². The second-order valence-electron chi connectivity index (χ2n) is 6.31. The summed E-state index contributed by atoms with van der Waals surface area (Å²) >= 11 is 0. The molecule has 0 aliphatic carbocycles. The molecule has 5 nitrogen and oxygen atoms in total. The van der Waals surface area contributed by atoms with Crippen LogP contribution in [-0.4, -0.2) is 40.7 Å². The summed E-state index contributed by atoms with van der Waals surface area (Å²) in [7, 11) is 0. The lowest BCUT2D eigenvalue weighted by Crippen LogP contribution is -2.49. The van der Waals surface area contributed by atoms with Crippen molar-refractivity contribution in [2.45, 2.75) is 39.3 Å². The zero-order chi connectivity index (χ0) is 15.5. The first-order valence-electron chi connectivity index (χ1n) is 8.01. The van der Waals surface area contributed by atoms with Crippen LogP contribution in [0.25, 0.3) is 11.4 Å². The summed E-state index contributed by atoms with van der Waals surface area (Å²) in [4.78, 5) is 6.91. The molecule has 1 atom stereocenters. The predicted molar refractivity (Wildman–Crippen MR) is 86.6 cm³/mol. The third kappa shape index (κ3) is 3.36. The number of nitrogens with one attached hydrogen (secondary N) is 1. The van der Waals surface area contributed by atoms with Gasteiger partial charge in [0.05, 0.1) is 6.54 Å². The third-order valence-electron chi connectivity index (χ3n) is 4.28. The average Bonchev–Trinajstić information content (AvgIpc) is 2.98. The zero-order valence-electron chi connectivity index (χ0n) is 13.5. The maximum absolute atomic E-state index is 5.42. The lowest BCUT2D eigenvalue weighted by molar-refractivity contribution is 0.146. The molecule has 0 bridgehead atoms. The van der Waals surface area contributed by atoms with E-state index in [-0.39, 0.29) is 0 Å². The van der Waals surface area contributed by atoms with Crippen LogP contribution >= 0.6 is 0 Å². The summed E-state index contributed by atoms with van der Waals surface area (Å²) in [6.07, 6.45) is 0. The Morgan fingerprint density at radius 2 is 2.09 bits per heavy atom. The summed E-state index contributed by atoms with van der Waals surface area (Å²) in [6.45, 7) is 10.4. The minimum absolute atomic E-state index is 0.495. The SMILES string of the molecule is CC(C)c1ccc(-c2noc(CN3CCNC[C@@H]3C)n2)cc1. The van der Waals surface area contributed by atoms with Gasteiger partial charge in [-0.05, 0) is 18.4 Å². The lowest BCUT2D eigenvalue weighted by atomic mass is 10.0. The summed E-state index contributed by atoms with van der Waals surface area (Å²) in [5.74, 6) is 1.90. The molecule has 1 fully saturated rings. The molecule has 2 heterocycles. The minimum Gasteiger partial charge on any atom is -0.338 e. The molecule has 1 aromatic heterocycles. The minimum atomic E-state index is 0.495. The van der Waals surface area contributed by atoms with E-state index in [1.165, 1.54) is 5.56 Å². The van der Waals surface area contributed by atoms with Crippen LogP contribution in [0, 0.1) is 0 Å². The second kappa shape index (κ2) is 6.58. The molecule has 0 radical (unpaired) electrons. The van der Waals surface area contributed by atoms with Crippen LogP contribution in [0.1, 0.15) is 38.1 Å². The van der Waals surface area contributed by atoms with E-state index in [2.05, 4.69) is 65.4 Å². The number of hydrogen-bond donors (Lipinski definition) is 1. The summed E-state index contributed by atoms with van der Waals surface area (Å²) in [5, 5.41) is 7.51. The molecule has 1 aromatic carbocycles. The molecule has 5 heteroatoms. The normalized spacial score (nSPS) is 19.7. The average molecular weight is 300 g/mol. The smallest absolute Gasteiger partial charge is 0.241 e. The van der Waals surface area contributed by atoms with E-state index in [4.69, 9.17) is 4.52 Å². The topological polar surface area (TPSA) is 54.2 Å². The van der Waals surface area contributed by atoms with E-state index in [1.807, 2.05) is 0 Å². The Kier molecular flexibility index (Phi) is 4.55. The Morgan fingerprint density at radius 3 is 2.77 bits per heavy atom. The second-order valence-corrected chi connectivity index (χ2v) is 6.31. The van der Waals surface area contributed by atoms with Crippen molar-refractivity contribution in [2.24, 2.45) is 0 Å². The van der Waals surface area contributed by atoms with Gasteiger partial charge < -0.3 is 9.84 Å². The first-order chi connectivity index (χ1) is 10.6. The van der Waals surface area contributed by atoms with Crippen molar-refractivity contribution < 1.29 is 4.52 Å². The number of nitrogens with zero attached hydrogens (tertiary/aromatic N) is 3. The van der Waals surface area contributed by atoms with Crippen molar-refractivity contribution in [1.29, 1.82) is 0 Å². The Labute approximate surface area is 131 Å². The van der Waals surface area contributed by atoms with Gasteiger partial charge in [0.15, 0.2) is 0 Å². The van der Waals surface area contributed by atoms with Gasteiger partial charge in [-0.2, -0.15) is 4.98 Å². The van der Waals surface area contributed by atoms with E-state index < -0.39 is 0 Å². The molecule has 22 heavy (non-hydrogen) atoms. The summed E-state index contributed by atoms with van der Waals surface area (Å²) in [5.41, 5.74) is 2.33. The van der Waals surface area contributed by atoms with Gasteiger partial charge in [0.2, 0.25) is 11.7 Å². The summed E-state index contributed by atoms with van der Waals surface area (Å²) < 4.78 is 5.42. The predicted octanol–water partition coefficient (Wildman–Crippen LogP) is 2.65. The third-order valence-corrected chi connectivity index (χ3v) is 4.28. The maximum Gasteiger partial charge on any atom is 0.241 e. The molecular weight excluding hydrogens is 276 g/mol. The Morgan fingerprint density at radius 1 is 1.32 bits per heavy atom. The maximum atomic E-state index is 5.42. The van der Waals surface area contributed by atoms with Gasteiger partial charge in [-0.1, -0.05) is 43.3 Å². The van der Waals surface area contributed by atoms with Crippen LogP contribution in [0.4, 0.5) is 0 Å². The monoisotopic (exact) mass is 300 g/mol. The first-order valence-corrected chi connectivity index (χ1v) is 8.01. The largest absolute Gasteiger partial charge is 0.338 e. The number of hydrogen-bond acceptors (Lipinski definition) is 5. The van der Waals surface area contributed by atoms with Crippen LogP contribution in [0.3, 0.4) is 0 Å². The van der Waals surface area contributed by atoms with Crippen molar-refractivity contribution in [2.75, 3.05) is 19.6 Å². The molecule has 0 spiro atoms. The molecule has 1 N–H and O–H groups in total. The Bertz CT molecular complexity index is 605. The molecule has 0 saturated carbocycles. The molecule has 0 amide bonds. The highest BCUT2D eigenvalue weighted by molar-refractivity contribution is 5.54. The quantitative estimate of drug-likeness (QED) is 0.941. The fraction of sp³-hybridized carbons (Fsp3) is 0.529. The van der Waals surface area contributed by atoms with Crippen LogP contribution < -0.4 is 5.32 Å². The van der Waals surface area contributed by atoms with E-state index in [0.717, 1.165) is 31.7 Å². The van der Waals surface area contributed by atoms with Crippen LogP contribution in [0.2, 0.25) is 0 Å². The Balaban J connectivity index is 1.70. The highest BCUT2D eigenvalue weighted by Gasteiger charge is 2.20. The molecule has 3 rings (SSSR count). The van der Waals surface area contributed by atoms with Crippen LogP contribution in [0.5, 0.6) is 0 Å². The van der Waals surface area contributed by atoms with E-state index in [1.54, 1.807) is 0 Å².